The summed E-state index contributed by atoms with van der Waals surface area (Å²) >= 11 is 0. The fraction of sp³-hybridized carbons (Fsp3) is 0.538. The van der Waals surface area contributed by atoms with Crippen LogP contribution in [0, 0.1) is 0 Å². The maximum absolute atomic E-state index is 5.80. The molecule has 1 atom stereocenters. The molecule has 0 aromatic heterocycles. The molecular weight excluding hydrogens is 186 g/mol. The normalized spacial score (nSPS) is 23.0. The molecule has 0 radical (unpaired) electrons. The van der Waals surface area contributed by atoms with Crippen LogP contribution < -0.4 is 5.32 Å². The Kier molecular flexibility index (Phi) is 2.70. The van der Waals surface area contributed by atoms with Gasteiger partial charge in [0.05, 0.1) is 6.10 Å². The first-order chi connectivity index (χ1) is 7.12. The number of ether oxygens (including phenoxy) is 1. The van der Waals surface area contributed by atoms with Gasteiger partial charge in [-0.15, -0.1) is 0 Å². The van der Waals surface area contributed by atoms with Gasteiger partial charge in [-0.3, -0.25) is 0 Å². The Balaban J connectivity index is 2.34. The molecule has 1 aromatic carbocycles. The summed E-state index contributed by atoms with van der Waals surface area (Å²) in [5.41, 5.74) is 2.62. The number of nitrogens with one attached hydrogen (secondary N) is 1. The van der Waals surface area contributed by atoms with E-state index in [4.69, 9.17) is 4.74 Å². The van der Waals surface area contributed by atoms with Crippen molar-refractivity contribution in [2.45, 2.75) is 38.8 Å². The predicted molar refractivity (Wildman–Crippen MR) is 63.1 cm³/mol. The second kappa shape index (κ2) is 3.86. The van der Waals surface area contributed by atoms with Gasteiger partial charge in [-0.2, -0.15) is 0 Å². The molecule has 0 spiro atoms. The zero-order valence-corrected chi connectivity index (χ0v) is 9.71. The zero-order valence-electron chi connectivity index (χ0n) is 9.71. The Morgan fingerprint density at radius 1 is 1.40 bits per heavy atom. The second-order valence-electron chi connectivity index (χ2n) is 4.74. The molecule has 0 amide bonds. The van der Waals surface area contributed by atoms with Gasteiger partial charge >= 0.3 is 0 Å². The van der Waals surface area contributed by atoms with Crippen LogP contribution in [0.4, 0.5) is 5.69 Å². The Labute approximate surface area is 91.6 Å². The minimum absolute atomic E-state index is 0.119. The standard InChI is InChI=1S/C13H19NO/c1-4-15-12-9-13(2,3)14-11-8-6-5-7-10(11)12/h5-8,12,14H,4,9H2,1-3H3. The fourth-order valence-corrected chi connectivity index (χ4v) is 2.23. The van der Waals surface area contributed by atoms with Gasteiger partial charge in [0.2, 0.25) is 0 Å². The Morgan fingerprint density at radius 2 is 2.13 bits per heavy atom. The third-order valence-corrected chi connectivity index (χ3v) is 2.84. The summed E-state index contributed by atoms with van der Waals surface area (Å²) in [5, 5.41) is 3.54. The first kappa shape index (κ1) is 10.5. The molecule has 15 heavy (non-hydrogen) atoms. The first-order valence-corrected chi connectivity index (χ1v) is 5.61. The van der Waals surface area contributed by atoms with Gasteiger partial charge in [-0.25, -0.2) is 0 Å². The summed E-state index contributed by atoms with van der Waals surface area (Å²) in [6.45, 7) is 7.26. The lowest BCUT2D eigenvalue weighted by molar-refractivity contribution is 0.0419. The average molecular weight is 205 g/mol. The van der Waals surface area contributed by atoms with E-state index in [-0.39, 0.29) is 11.6 Å². The number of hydrogen-bond acceptors (Lipinski definition) is 2. The lowest BCUT2D eigenvalue weighted by atomic mass is 9.87. The first-order valence-electron chi connectivity index (χ1n) is 5.61. The van der Waals surface area contributed by atoms with Crippen molar-refractivity contribution < 1.29 is 4.74 Å². The van der Waals surface area contributed by atoms with E-state index in [1.165, 1.54) is 11.3 Å². The highest BCUT2D eigenvalue weighted by molar-refractivity contribution is 5.56. The van der Waals surface area contributed by atoms with Gasteiger partial charge in [-0.05, 0) is 26.8 Å². The van der Waals surface area contributed by atoms with Crippen LogP contribution in [0.3, 0.4) is 0 Å². The van der Waals surface area contributed by atoms with Crippen LogP contribution in [0.25, 0.3) is 0 Å². The average Bonchev–Trinajstić information content (AvgIpc) is 2.16. The summed E-state index contributed by atoms with van der Waals surface area (Å²) in [7, 11) is 0. The number of hydrogen-bond donors (Lipinski definition) is 1. The Bertz CT molecular complexity index is 346. The van der Waals surface area contributed by atoms with E-state index in [0.29, 0.717) is 0 Å². The van der Waals surface area contributed by atoms with Crippen molar-refractivity contribution >= 4 is 5.69 Å². The third kappa shape index (κ3) is 2.15. The quantitative estimate of drug-likeness (QED) is 0.799. The number of rotatable bonds is 2. The van der Waals surface area contributed by atoms with E-state index in [1.54, 1.807) is 0 Å². The summed E-state index contributed by atoms with van der Waals surface area (Å²) in [5.74, 6) is 0. The highest BCUT2D eigenvalue weighted by Gasteiger charge is 2.31. The molecule has 0 bridgehead atoms. The van der Waals surface area contributed by atoms with Crippen molar-refractivity contribution in [2.24, 2.45) is 0 Å². The molecule has 2 rings (SSSR count). The number of fused-ring (bicyclic) bond motifs is 1. The topological polar surface area (TPSA) is 21.3 Å². The number of para-hydroxylation sites is 1. The summed E-state index contributed by atoms with van der Waals surface area (Å²) < 4.78 is 5.80. The molecule has 0 saturated carbocycles. The van der Waals surface area contributed by atoms with E-state index in [2.05, 4.69) is 50.4 Å². The fourth-order valence-electron chi connectivity index (χ4n) is 2.23. The SMILES string of the molecule is CCOC1CC(C)(C)Nc2ccccc21. The van der Waals surface area contributed by atoms with Crippen molar-refractivity contribution in [3.63, 3.8) is 0 Å². The number of benzene rings is 1. The third-order valence-electron chi connectivity index (χ3n) is 2.84. The largest absolute Gasteiger partial charge is 0.380 e. The van der Waals surface area contributed by atoms with Crippen LogP contribution in [0.15, 0.2) is 24.3 Å². The smallest absolute Gasteiger partial charge is 0.0866 e. The van der Waals surface area contributed by atoms with Crippen molar-refractivity contribution in [3.05, 3.63) is 29.8 Å². The minimum Gasteiger partial charge on any atom is -0.380 e. The van der Waals surface area contributed by atoms with Gasteiger partial charge in [0.1, 0.15) is 0 Å². The van der Waals surface area contributed by atoms with Crippen LogP contribution in [-0.4, -0.2) is 12.1 Å². The van der Waals surface area contributed by atoms with Gasteiger partial charge in [0.15, 0.2) is 0 Å². The van der Waals surface area contributed by atoms with Crippen LogP contribution in [-0.2, 0) is 4.74 Å². The van der Waals surface area contributed by atoms with Crippen LogP contribution in [0.2, 0.25) is 0 Å². The van der Waals surface area contributed by atoms with Crippen molar-refractivity contribution in [2.75, 3.05) is 11.9 Å². The Hall–Kier alpha value is -1.02. The van der Waals surface area contributed by atoms with E-state index >= 15 is 0 Å². The van der Waals surface area contributed by atoms with Gasteiger partial charge in [0, 0.05) is 29.8 Å². The lowest BCUT2D eigenvalue weighted by Crippen LogP contribution is -2.37. The molecule has 0 fully saturated rings. The van der Waals surface area contributed by atoms with Crippen LogP contribution in [0.5, 0.6) is 0 Å². The van der Waals surface area contributed by atoms with E-state index in [1.807, 2.05) is 0 Å². The molecule has 2 heteroatoms. The molecule has 2 nitrogen and oxygen atoms in total. The molecule has 1 N–H and O–H groups in total. The molecule has 1 aliphatic heterocycles. The van der Waals surface area contributed by atoms with E-state index < -0.39 is 0 Å². The predicted octanol–water partition coefficient (Wildman–Crippen LogP) is 3.36. The van der Waals surface area contributed by atoms with E-state index in [9.17, 15) is 0 Å². The van der Waals surface area contributed by atoms with Gasteiger partial charge < -0.3 is 10.1 Å². The summed E-state index contributed by atoms with van der Waals surface area (Å²) in [6, 6.07) is 8.42. The summed E-state index contributed by atoms with van der Waals surface area (Å²) in [6.07, 6.45) is 1.26. The zero-order chi connectivity index (χ0) is 10.9. The number of anilines is 1. The maximum atomic E-state index is 5.80. The molecule has 1 unspecified atom stereocenters. The lowest BCUT2D eigenvalue weighted by Gasteiger charge is -2.38. The van der Waals surface area contributed by atoms with Gasteiger partial charge in [0.25, 0.3) is 0 Å². The summed E-state index contributed by atoms with van der Waals surface area (Å²) in [4.78, 5) is 0. The molecule has 82 valence electrons. The highest BCUT2D eigenvalue weighted by atomic mass is 16.5. The monoisotopic (exact) mass is 205 g/mol. The Morgan fingerprint density at radius 3 is 2.87 bits per heavy atom. The molecule has 0 aliphatic carbocycles. The van der Waals surface area contributed by atoms with E-state index in [0.717, 1.165) is 13.0 Å². The van der Waals surface area contributed by atoms with Crippen molar-refractivity contribution in [3.8, 4) is 0 Å². The minimum atomic E-state index is 0.119. The van der Waals surface area contributed by atoms with Crippen LogP contribution >= 0.6 is 0 Å². The molecular formula is C13H19NO. The van der Waals surface area contributed by atoms with Crippen molar-refractivity contribution in [1.82, 2.24) is 0 Å². The van der Waals surface area contributed by atoms with Crippen LogP contribution in [0.1, 0.15) is 38.9 Å². The second-order valence-corrected chi connectivity index (χ2v) is 4.74. The molecule has 0 saturated heterocycles. The highest BCUT2D eigenvalue weighted by Crippen LogP contribution is 2.39. The molecule has 1 aliphatic rings. The maximum Gasteiger partial charge on any atom is 0.0866 e. The molecule has 1 heterocycles. The molecule has 1 aromatic rings. The van der Waals surface area contributed by atoms with Crippen molar-refractivity contribution in [1.29, 1.82) is 0 Å². The van der Waals surface area contributed by atoms with Gasteiger partial charge in [-0.1, -0.05) is 18.2 Å².